The van der Waals surface area contributed by atoms with Crippen molar-refractivity contribution in [2.45, 2.75) is 19.8 Å². The van der Waals surface area contributed by atoms with Crippen LogP contribution in [0.5, 0.6) is 17.2 Å². The van der Waals surface area contributed by atoms with Gasteiger partial charge in [-0.25, -0.2) is 9.97 Å². The van der Waals surface area contributed by atoms with E-state index in [4.69, 9.17) is 9.47 Å². The fraction of sp³-hybridized carbons (Fsp3) is 0.286. The first-order valence-corrected chi connectivity index (χ1v) is 7.00. The van der Waals surface area contributed by atoms with Crippen molar-refractivity contribution < 1.29 is 9.47 Å². The van der Waals surface area contributed by atoms with Crippen LogP contribution in [0.4, 0.5) is 0 Å². The van der Waals surface area contributed by atoms with Crippen molar-refractivity contribution in [3.63, 3.8) is 0 Å². The Morgan fingerprint density at radius 1 is 1.11 bits per heavy atom. The number of hydrogen-bond acceptors (Lipinski definition) is 4. The number of methoxy groups -OCH3 is 1. The van der Waals surface area contributed by atoms with E-state index in [9.17, 15) is 0 Å². The SMILES string of the molecule is COc1cc(C(C)C)c(Oc2cncnc2)cc1I. The van der Waals surface area contributed by atoms with E-state index in [1.165, 1.54) is 6.33 Å². The molecular weight excluding hydrogens is 355 g/mol. The highest BCUT2D eigenvalue weighted by Crippen LogP contribution is 2.36. The highest BCUT2D eigenvalue weighted by molar-refractivity contribution is 14.1. The molecule has 100 valence electrons. The van der Waals surface area contributed by atoms with Crippen LogP contribution >= 0.6 is 22.6 Å². The Morgan fingerprint density at radius 2 is 1.79 bits per heavy atom. The van der Waals surface area contributed by atoms with Crippen LogP contribution in [-0.2, 0) is 0 Å². The molecule has 5 heteroatoms. The Morgan fingerprint density at radius 3 is 2.37 bits per heavy atom. The van der Waals surface area contributed by atoms with E-state index in [0.29, 0.717) is 11.7 Å². The maximum absolute atomic E-state index is 5.87. The van der Waals surface area contributed by atoms with E-state index in [1.807, 2.05) is 12.1 Å². The first kappa shape index (κ1) is 14.0. The van der Waals surface area contributed by atoms with Crippen LogP contribution in [0.2, 0.25) is 0 Å². The summed E-state index contributed by atoms with van der Waals surface area (Å²) in [4.78, 5) is 7.90. The molecule has 1 heterocycles. The molecule has 0 aliphatic rings. The molecule has 2 rings (SSSR count). The summed E-state index contributed by atoms with van der Waals surface area (Å²) in [7, 11) is 1.67. The fourth-order valence-electron chi connectivity index (χ4n) is 1.71. The average Bonchev–Trinajstić information content (AvgIpc) is 2.39. The van der Waals surface area contributed by atoms with Gasteiger partial charge in [-0.15, -0.1) is 0 Å². The van der Waals surface area contributed by atoms with Gasteiger partial charge in [0.05, 0.1) is 23.1 Å². The smallest absolute Gasteiger partial charge is 0.164 e. The Kier molecular flexibility index (Phi) is 4.57. The molecule has 0 atom stereocenters. The molecule has 0 saturated carbocycles. The largest absolute Gasteiger partial charge is 0.496 e. The Hall–Kier alpha value is -1.37. The molecule has 0 spiro atoms. The first-order valence-electron chi connectivity index (χ1n) is 5.92. The van der Waals surface area contributed by atoms with Crippen LogP contribution in [-0.4, -0.2) is 17.1 Å². The predicted molar refractivity (Wildman–Crippen MR) is 81.9 cm³/mol. The highest BCUT2D eigenvalue weighted by atomic mass is 127. The molecule has 0 saturated heterocycles. The molecule has 0 radical (unpaired) electrons. The third-order valence-electron chi connectivity index (χ3n) is 2.67. The summed E-state index contributed by atoms with van der Waals surface area (Å²) in [5.74, 6) is 2.65. The second kappa shape index (κ2) is 6.18. The molecule has 1 aromatic heterocycles. The number of hydrogen-bond donors (Lipinski definition) is 0. The zero-order valence-corrected chi connectivity index (χ0v) is 13.2. The molecule has 0 aliphatic carbocycles. The van der Waals surface area contributed by atoms with Crippen LogP contribution in [0.25, 0.3) is 0 Å². The van der Waals surface area contributed by atoms with Crippen molar-refractivity contribution in [1.82, 2.24) is 9.97 Å². The van der Waals surface area contributed by atoms with E-state index in [0.717, 1.165) is 20.6 Å². The summed E-state index contributed by atoms with van der Waals surface area (Å²) in [6.45, 7) is 4.24. The van der Waals surface area contributed by atoms with Gasteiger partial charge < -0.3 is 9.47 Å². The molecule has 19 heavy (non-hydrogen) atoms. The normalized spacial score (nSPS) is 10.6. The Labute approximate surface area is 126 Å². The van der Waals surface area contributed by atoms with Gasteiger partial charge >= 0.3 is 0 Å². The molecule has 0 aliphatic heterocycles. The predicted octanol–water partition coefficient (Wildman–Crippen LogP) is 4.01. The van der Waals surface area contributed by atoms with Gasteiger partial charge in [0.25, 0.3) is 0 Å². The van der Waals surface area contributed by atoms with Crippen LogP contribution in [0.1, 0.15) is 25.3 Å². The van der Waals surface area contributed by atoms with Crippen molar-refractivity contribution in [2.75, 3.05) is 7.11 Å². The lowest BCUT2D eigenvalue weighted by molar-refractivity contribution is 0.407. The minimum absolute atomic E-state index is 0.338. The average molecular weight is 370 g/mol. The van der Waals surface area contributed by atoms with Crippen molar-refractivity contribution in [1.29, 1.82) is 0 Å². The molecule has 0 N–H and O–H groups in total. The first-order chi connectivity index (χ1) is 9.11. The summed E-state index contributed by atoms with van der Waals surface area (Å²) in [5, 5.41) is 0. The topological polar surface area (TPSA) is 44.2 Å². The van der Waals surface area contributed by atoms with Gasteiger partial charge in [0.2, 0.25) is 0 Å². The number of nitrogens with zero attached hydrogens (tertiary/aromatic N) is 2. The summed E-state index contributed by atoms with van der Waals surface area (Å²) < 4.78 is 12.2. The minimum Gasteiger partial charge on any atom is -0.496 e. The van der Waals surface area contributed by atoms with Gasteiger partial charge in [-0.2, -0.15) is 0 Å². The van der Waals surface area contributed by atoms with Crippen LogP contribution < -0.4 is 9.47 Å². The van der Waals surface area contributed by atoms with E-state index >= 15 is 0 Å². The lowest BCUT2D eigenvalue weighted by Crippen LogP contribution is -1.98. The molecular formula is C14H15IN2O2. The van der Waals surface area contributed by atoms with Gasteiger partial charge in [0.1, 0.15) is 17.8 Å². The third kappa shape index (κ3) is 3.34. The van der Waals surface area contributed by atoms with Crippen LogP contribution in [0.15, 0.2) is 30.9 Å². The van der Waals surface area contributed by atoms with E-state index < -0.39 is 0 Å². The quantitative estimate of drug-likeness (QED) is 0.763. The zero-order valence-electron chi connectivity index (χ0n) is 11.1. The summed E-state index contributed by atoms with van der Waals surface area (Å²) >= 11 is 2.23. The van der Waals surface area contributed by atoms with Gasteiger partial charge in [-0.05, 0) is 40.6 Å². The van der Waals surface area contributed by atoms with E-state index in [-0.39, 0.29) is 0 Å². The summed E-state index contributed by atoms with van der Waals surface area (Å²) in [6, 6.07) is 3.99. The highest BCUT2D eigenvalue weighted by Gasteiger charge is 2.13. The van der Waals surface area contributed by atoms with E-state index in [1.54, 1.807) is 19.5 Å². The van der Waals surface area contributed by atoms with Gasteiger partial charge in [-0.1, -0.05) is 13.8 Å². The lowest BCUT2D eigenvalue weighted by atomic mass is 10.0. The molecule has 0 unspecified atom stereocenters. The fourth-order valence-corrected chi connectivity index (χ4v) is 2.37. The molecule has 4 nitrogen and oxygen atoms in total. The standard InChI is InChI=1S/C14H15IN2O2/c1-9(2)11-4-14(18-3)12(15)5-13(11)19-10-6-16-8-17-7-10/h4-9H,1-3H3. The van der Waals surface area contributed by atoms with Crippen LogP contribution in [0.3, 0.4) is 0 Å². The molecule has 0 amide bonds. The van der Waals surface area contributed by atoms with Crippen molar-refractivity contribution in [3.05, 3.63) is 40.0 Å². The number of benzene rings is 1. The molecule has 2 aromatic rings. The maximum Gasteiger partial charge on any atom is 0.164 e. The number of ether oxygens (including phenoxy) is 2. The number of aromatic nitrogens is 2. The van der Waals surface area contributed by atoms with Gasteiger partial charge in [0.15, 0.2) is 5.75 Å². The third-order valence-corrected chi connectivity index (χ3v) is 3.51. The Bertz CT molecular complexity index is 559. The van der Waals surface area contributed by atoms with Crippen molar-refractivity contribution in [2.24, 2.45) is 0 Å². The van der Waals surface area contributed by atoms with Crippen molar-refractivity contribution >= 4 is 22.6 Å². The monoisotopic (exact) mass is 370 g/mol. The van der Waals surface area contributed by atoms with Crippen molar-refractivity contribution in [3.8, 4) is 17.2 Å². The van der Waals surface area contributed by atoms with E-state index in [2.05, 4.69) is 46.4 Å². The molecule has 0 bridgehead atoms. The van der Waals surface area contributed by atoms with Crippen LogP contribution in [0, 0.1) is 3.57 Å². The Balaban J connectivity index is 2.41. The maximum atomic E-state index is 5.87. The summed E-state index contributed by atoms with van der Waals surface area (Å²) in [5.41, 5.74) is 1.10. The van der Waals surface area contributed by atoms with Gasteiger partial charge in [0, 0.05) is 5.56 Å². The second-order valence-electron chi connectivity index (χ2n) is 4.36. The molecule has 0 fully saturated rings. The number of rotatable bonds is 4. The second-order valence-corrected chi connectivity index (χ2v) is 5.52. The lowest BCUT2D eigenvalue weighted by Gasteiger charge is -2.16. The van der Waals surface area contributed by atoms with Gasteiger partial charge in [-0.3, -0.25) is 0 Å². The molecule has 1 aromatic carbocycles. The summed E-state index contributed by atoms with van der Waals surface area (Å²) in [6.07, 6.45) is 4.77. The number of halogens is 1. The zero-order chi connectivity index (χ0) is 13.8. The minimum atomic E-state index is 0.338.